The van der Waals surface area contributed by atoms with E-state index in [-0.39, 0.29) is 11.5 Å². The minimum absolute atomic E-state index is 0.0878. The Morgan fingerprint density at radius 2 is 1.95 bits per heavy atom. The second-order valence-corrected chi connectivity index (χ2v) is 5.07. The van der Waals surface area contributed by atoms with E-state index in [9.17, 15) is 9.59 Å². The normalized spacial score (nSPS) is 10.4. The van der Waals surface area contributed by atoms with Crippen molar-refractivity contribution in [3.05, 3.63) is 63.6 Å². The van der Waals surface area contributed by atoms with Crippen molar-refractivity contribution >= 4 is 5.91 Å². The van der Waals surface area contributed by atoms with Crippen LogP contribution in [0.15, 0.2) is 41.3 Å². The highest BCUT2D eigenvalue weighted by atomic mass is 16.1. The van der Waals surface area contributed by atoms with Crippen LogP contribution in [-0.4, -0.2) is 22.2 Å². The quantitative estimate of drug-likeness (QED) is 0.850. The Hall–Kier alpha value is -2.43. The molecular weight excluding hydrogens is 266 g/mol. The Morgan fingerprint density at radius 1 is 1.24 bits per heavy atom. The molecule has 5 nitrogen and oxygen atoms in total. The molecule has 0 bridgehead atoms. The van der Waals surface area contributed by atoms with E-state index in [0.717, 1.165) is 11.1 Å². The highest BCUT2D eigenvalue weighted by Crippen LogP contribution is 2.08. The molecule has 0 spiro atoms. The third kappa shape index (κ3) is 4.27. The lowest BCUT2D eigenvalue weighted by Gasteiger charge is -2.07. The van der Waals surface area contributed by atoms with Crippen molar-refractivity contribution in [1.82, 2.24) is 15.1 Å². The summed E-state index contributed by atoms with van der Waals surface area (Å²) >= 11 is 0. The standard InChI is InChI=1S/C16H19N3O2/c1-12-9-13(2)11-14(10-12)16(21)17-6-4-8-19-15(20)5-3-7-18-19/h3,5,7,9-11H,4,6,8H2,1-2H3,(H,17,21). The number of nitrogens with one attached hydrogen (secondary N) is 1. The molecule has 1 heterocycles. The Morgan fingerprint density at radius 3 is 2.62 bits per heavy atom. The highest BCUT2D eigenvalue weighted by molar-refractivity contribution is 5.94. The Kier molecular flexibility index (Phi) is 4.87. The first-order valence-electron chi connectivity index (χ1n) is 6.95. The van der Waals surface area contributed by atoms with Crippen LogP contribution < -0.4 is 10.9 Å². The number of rotatable bonds is 5. The molecule has 0 saturated carbocycles. The SMILES string of the molecule is Cc1cc(C)cc(C(=O)NCCCn2ncccc2=O)c1. The predicted molar refractivity (Wildman–Crippen MR) is 81.4 cm³/mol. The molecule has 1 amide bonds. The molecule has 2 rings (SSSR count). The van der Waals surface area contributed by atoms with Crippen molar-refractivity contribution in [3.63, 3.8) is 0 Å². The van der Waals surface area contributed by atoms with Crippen molar-refractivity contribution < 1.29 is 4.79 Å². The van der Waals surface area contributed by atoms with Crippen LogP contribution in [0.25, 0.3) is 0 Å². The van der Waals surface area contributed by atoms with Crippen molar-refractivity contribution in [2.75, 3.05) is 6.54 Å². The van der Waals surface area contributed by atoms with Gasteiger partial charge in [-0.05, 0) is 38.5 Å². The van der Waals surface area contributed by atoms with E-state index in [1.54, 1.807) is 12.3 Å². The Bertz CT molecular complexity index is 672. The summed E-state index contributed by atoms with van der Waals surface area (Å²) in [6, 6.07) is 8.85. The molecule has 1 N–H and O–H groups in total. The Labute approximate surface area is 123 Å². The van der Waals surface area contributed by atoms with Crippen molar-refractivity contribution in [1.29, 1.82) is 0 Å². The van der Waals surface area contributed by atoms with Gasteiger partial charge >= 0.3 is 0 Å². The molecule has 110 valence electrons. The van der Waals surface area contributed by atoms with E-state index >= 15 is 0 Å². The van der Waals surface area contributed by atoms with Crippen molar-refractivity contribution in [2.24, 2.45) is 0 Å². The Balaban J connectivity index is 1.85. The fraction of sp³-hybridized carbons (Fsp3) is 0.312. The van der Waals surface area contributed by atoms with Gasteiger partial charge in [0, 0.05) is 30.9 Å². The van der Waals surface area contributed by atoms with Crippen LogP contribution in [0.2, 0.25) is 0 Å². The van der Waals surface area contributed by atoms with E-state index in [1.807, 2.05) is 32.0 Å². The van der Waals surface area contributed by atoms with E-state index < -0.39 is 0 Å². The number of carbonyl (C=O) groups is 1. The second kappa shape index (κ2) is 6.83. The van der Waals surface area contributed by atoms with Crippen LogP contribution in [-0.2, 0) is 6.54 Å². The highest BCUT2D eigenvalue weighted by Gasteiger charge is 2.06. The van der Waals surface area contributed by atoms with Crippen LogP contribution in [0.1, 0.15) is 27.9 Å². The van der Waals surface area contributed by atoms with Crippen LogP contribution in [0.4, 0.5) is 0 Å². The number of nitrogens with zero attached hydrogens (tertiary/aromatic N) is 2. The summed E-state index contributed by atoms with van der Waals surface area (Å²) in [7, 11) is 0. The molecule has 1 aromatic heterocycles. The van der Waals surface area contributed by atoms with Gasteiger partial charge in [0.15, 0.2) is 0 Å². The summed E-state index contributed by atoms with van der Waals surface area (Å²) in [5, 5.41) is 6.83. The predicted octanol–water partition coefficient (Wildman–Crippen LogP) is 1.68. The first-order valence-corrected chi connectivity index (χ1v) is 6.95. The van der Waals surface area contributed by atoms with Gasteiger partial charge < -0.3 is 5.32 Å². The fourth-order valence-corrected chi connectivity index (χ4v) is 2.19. The van der Waals surface area contributed by atoms with Gasteiger partial charge in [-0.15, -0.1) is 0 Å². The molecule has 0 saturated heterocycles. The van der Waals surface area contributed by atoms with E-state index in [2.05, 4.69) is 10.4 Å². The van der Waals surface area contributed by atoms with Gasteiger partial charge in [0.2, 0.25) is 0 Å². The molecule has 0 atom stereocenters. The maximum atomic E-state index is 12.0. The number of aromatic nitrogens is 2. The molecule has 5 heteroatoms. The maximum Gasteiger partial charge on any atom is 0.266 e. The van der Waals surface area contributed by atoms with Crippen LogP contribution in [0.5, 0.6) is 0 Å². The molecule has 0 fully saturated rings. The number of benzene rings is 1. The fourth-order valence-electron chi connectivity index (χ4n) is 2.19. The summed E-state index contributed by atoms with van der Waals surface area (Å²) in [6.45, 7) is 4.94. The van der Waals surface area contributed by atoms with E-state index in [4.69, 9.17) is 0 Å². The molecule has 21 heavy (non-hydrogen) atoms. The first-order chi connectivity index (χ1) is 10.1. The molecule has 0 aliphatic heterocycles. The van der Waals surface area contributed by atoms with Gasteiger partial charge in [0.05, 0.1) is 0 Å². The number of hydrogen-bond acceptors (Lipinski definition) is 3. The van der Waals surface area contributed by atoms with E-state index in [1.165, 1.54) is 10.7 Å². The minimum atomic E-state index is -0.127. The van der Waals surface area contributed by atoms with E-state index in [0.29, 0.717) is 25.1 Å². The molecule has 1 aromatic carbocycles. The number of carbonyl (C=O) groups excluding carboxylic acids is 1. The van der Waals surface area contributed by atoms with Gasteiger partial charge in [0.25, 0.3) is 11.5 Å². The van der Waals surface area contributed by atoms with Crippen molar-refractivity contribution in [2.45, 2.75) is 26.8 Å². The molecule has 2 aromatic rings. The monoisotopic (exact) mass is 285 g/mol. The zero-order chi connectivity index (χ0) is 15.2. The lowest BCUT2D eigenvalue weighted by atomic mass is 10.1. The lowest BCUT2D eigenvalue weighted by Crippen LogP contribution is -2.27. The molecule has 0 radical (unpaired) electrons. The zero-order valence-corrected chi connectivity index (χ0v) is 12.3. The van der Waals surface area contributed by atoms with Gasteiger partial charge in [-0.25, -0.2) is 4.68 Å². The smallest absolute Gasteiger partial charge is 0.266 e. The van der Waals surface area contributed by atoms with Gasteiger partial charge in [-0.1, -0.05) is 17.2 Å². The third-order valence-corrected chi connectivity index (χ3v) is 3.10. The third-order valence-electron chi connectivity index (χ3n) is 3.10. The largest absolute Gasteiger partial charge is 0.352 e. The molecular formula is C16H19N3O2. The average molecular weight is 285 g/mol. The van der Waals surface area contributed by atoms with Crippen LogP contribution in [0, 0.1) is 13.8 Å². The minimum Gasteiger partial charge on any atom is -0.352 e. The van der Waals surface area contributed by atoms with Crippen molar-refractivity contribution in [3.8, 4) is 0 Å². The molecule has 0 aliphatic carbocycles. The summed E-state index contributed by atoms with van der Waals surface area (Å²) in [5.74, 6) is -0.0878. The average Bonchev–Trinajstić information content (AvgIpc) is 2.44. The topological polar surface area (TPSA) is 64.0 Å². The summed E-state index contributed by atoms with van der Waals surface area (Å²) in [5.41, 5.74) is 2.68. The molecule has 0 aliphatic rings. The lowest BCUT2D eigenvalue weighted by molar-refractivity contribution is 0.0952. The zero-order valence-electron chi connectivity index (χ0n) is 12.3. The summed E-state index contributed by atoms with van der Waals surface area (Å²) in [6.07, 6.45) is 2.24. The summed E-state index contributed by atoms with van der Waals surface area (Å²) < 4.78 is 1.39. The van der Waals surface area contributed by atoms with Crippen LogP contribution in [0.3, 0.4) is 0 Å². The summed E-state index contributed by atoms with van der Waals surface area (Å²) in [4.78, 5) is 23.5. The van der Waals surface area contributed by atoms with Gasteiger partial charge in [0.1, 0.15) is 0 Å². The number of amides is 1. The maximum absolute atomic E-state index is 12.0. The molecule has 0 unspecified atom stereocenters. The van der Waals surface area contributed by atoms with Gasteiger partial charge in [-0.2, -0.15) is 5.10 Å². The number of hydrogen-bond donors (Lipinski definition) is 1. The first kappa shape index (κ1) is 15.0. The second-order valence-electron chi connectivity index (χ2n) is 5.07. The number of aryl methyl sites for hydroxylation is 3. The van der Waals surface area contributed by atoms with Gasteiger partial charge in [-0.3, -0.25) is 9.59 Å². The van der Waals surface area contributed by atoms with Crippen LogP contribution >= 0.6 is 0 Å².